The Morgan fingerprint density at radius 1 is 1.04 bits per heavy atom. The van der Waals surface area contributed by atoms with E-state index in [0.717, 1.165) is 41.3 Å². The second kappa shape index (κ2) is 7.85. The minimum atomic E-state index is 0.0505. The van der Waals surface area contributed by atoms with Crippen molar-refractivity contribution >= 4 is 5.91 Å². The number of amides is 1. The minimum Gasteiger partial charge on any atom is -0.355 e. The molecule has 2 aromatic heterocycles. The Morgan fingerprint density at radius 3 is 2.24 bits per heavy atom. The van der Waals surface area contributed by atoms with Gasteiger partial charge >= 0.3 is 0 Å². The SMILES string of the molecule is Cc1nn(C)c(C)c1CCNC(=O)Cc1c(C)nn(CC(C)C)c1C. The van der Waals surface area contributed by atoms with Crippen molar-refractivity contribution in [2.45, 2.75) is 60.9 Å². The summed E-state index contributed by atoms with van der Waals surface area (Å²) in [5, 5.41) is 12.0. The van der Waals surface area contributed by atoms with E-state index >= 15 is 0 Å². The lowest BCUT2D eigenvalue weighted by atomic mass is 10.1. The summed E-state index contributed by atoms with van der Waals surface area (Å²) in [7, 11) is 1.95. The lowest BCUT2D eigenvalue weighted by Crippen LogP contribution is -2.27. The van der Waals surface area contributed by atoms with Gasteiger partial charge in [0, 0.05) is 37.1 Å². The van der Waals surface area contributed by atoms with Crippen LogP contribution in [0.5, 0.6) is 0 Å². The topological polar surface area (TPSA) is 64.7 Å². The maximum absolute atomic E-state index is 12.3. The van der Waals surface area contributed by atoms with Crippen LogP contribution in [0.4, 0.5) is 0 Å². The lowest BCUT2D eigenvalue weighted by Gasteiger charge is -2.08. The normalized spacial score (nSPS) is 11.4. The summed E-state index contributed by atoms with van der Waals surface area (Å²) in [5.41, 5.74) is 6.52. The van der Waals surface area contributed by atoms with Gasteiger partial charge in [0.05, 0.1) is 17.8 Å². The highest BCUT2D eigenvalue weighted by molar-refractivity contribution is 5.79. The number of aryl methyl sites for hydroxylation is 3. The van der Waals surface area contributed by atoms with Gasteiger partial charge < -0.3 is 5.32 Å². The van der Waals surface area contributed by atoms with Crippen LogP contribution in [0.25, 0.3) is 0 Å². The third-order valence-electron chi connectivity index (χ3n) is 4.76. The molecule has 0 spiro atoms. The van der Waals surface area contributed by atoms with Crippen LogP contribution in [0.3, 0.4) is 0 Å². The number of hydrogen-bond acceptors (Lipinski definition) is 3. The first-order valence-corrected chi connectivity index (χ1v) is 8.99. The Bertz CT molecular complexity index is 754. The molecule has 6 nitrogen and oxygen atoms in total. The molecule has 0 atom stereocenters. The van der Waals surface area contributed by atoms with E-state index < -0.39 is 0 Å². The quantitative estimate of drug-likeness (QED) is 0.838. The van der Waals surface area contributed by atoms with Gasteiger partial charge in [0.15, 0.2) is 0 Å². The number of nitrogens with one attached hydrogen (secondary N) is 1. The van der Waals surface area contributed by atoms with Crippen molar-refractivity contribution < 1.29 is 4.79 Å². The molecular formula is C19H31N5O. The van der Waals surface area contributed by atoms with Crippen LogP contribution in [0.1, 0.15) is 47.8 Å². The van der Waals surface area contributed by atoms with Crippen LogP contribution in [0, 0.1) is 33.6 Å². The Morgan fingerprint density at radius 2 is 1.68 bits per heavy atom. The number of nitrogens with zero attached hydrogens (tertiary/aromatic N) is 4. The predicted molar refractivity (Wildman–Crippen MR) is 99.6 cm³/mol. The Labute approximate surface area is 150 Å². The summed E-state index contributed by atoms with van der Waals surface area (Å²) < 4.78 is 3.91. The van der Waals surface area contributed by atoms with E-state index in [-0.39, 0.29) is 5.91 Å². The molecule has 0 bridgehead atoms. The highest BCUT2D eigenvalue weighted by Crippen LogP contribution is 2.15. The first-order chi connectivity index (χ1) is 11.7. The summed E-state index contributed by atoms with van der Waals surface area (Å²) in [4.78, 5) is 12.3. The van der Waals surface area contributed by atoms with Crippen molar-refractivity contribution in [3.63, 3.8) is 0 Å². The third-order valence-corrected chi connectivity index (χ3v) is 4.76. The molecule has 0 aliphatic carbocycles. The molecule has 0 aliphatic heterocycles. The zero-order valence-corrected chi connectivity index (χ0v) is 16.6. The molecule has 0 radical (unpaired) electrons. The van der Waals surface area contributed by atoms with Crippen LogP contribution in [0.2, 0.25) is 0 Å². The van der Waals surface area contributed by atoms with Gasteiger partial charge in [-0.15, -0.1) is 0 Å². The molecule has 0 aliphatic rings. The van der Waals surface area contributed by atoms with E-state index in [2.05, 4.69) is 36.3 Å². The average Bonchev–Trinajstić information content (AvgIpc) is 2.90. The largest absolute Gasteiger partial charge is 0.355 e. The highest BCUT2D eigenvalue weighted by Gasteiger charge is 2.16. The zero-order chi connectivity index (χ0) is 18.7. The van der Waals surface area contributed by atoms with Gasteiger partial charge in [-0.1, -0.05) is 13.8 Å². The molecule has 2 aromatic rings. The van der Waals surface area contributed by atoms with Crippen LogP contribution >= 0.6 is 0 Å². The zero-order valence-electron chi connectivity index (χ0n) is 16.6. The molecule has 25 heavy (non-hydrogen) atoms. The van der Waals surface area contributed by atoms with Gasteiger partial charge in [-0.05, 0) is 45.6 Å². The summed E-state index contributed by atoms with van der Waals surface area (Å²) >= 11 is 0. The molecule has 0 saturated carbocycles. The van der Waals surface area contributed by atoms with E-state index in [1.165, 1.54) is 5.56 Å². The fourth-order valence-corrected chi connectivity index (χ4v) is 3.24. The number of aromatic nitrogens is 4. The van der Waals surface area contributed by atoms with E-state index in [4.69, 9.17) is 0 Å². The monoisotopic (exact) mass is 345 g/mol. The van der Waals surface area contributed by atoms with Gasteiger partial charge in [0.1, 0.15) is 0 Å². The molecule has 1 amide bonds. The molecule has 2 rings (SSSR count). The number of carbonyl (C=O) groups excluding carboxylic acids is 1. The van der Waals surface area contributed by atoms with Crippen molar-refractivity contribution in [1.82, 2.24) is 24.9 Å². The minimum absolute atomic E-state index is 0.0505. The van der Waals surface area contributed by atoms with Gasteiger partial charge in [0.25, 0.3) is 0 Å². The van der Waals surface area contributed by atoms with E-state index in [1.807, 2.05) is 37.2 Å². The molecular weight excluding hydrogens is 314 g/mol. The summed E-state index contributed by atoms with van der Waals surface area (Å²) in [6, 6.07) is 0. The summed E-state index contributed by atoms with van der Waals surface area (Å²) in [5.74, 6) is 0.583. The Balaban J connectivity index is 1.93. The number of hydrogen-bond donors (Lipinski definition) is 1. The number of carbonyl (C=O) groups is 1. The molecule has 0 unspecified atom stereocenters. The summed E-state index contributed by atoms with van der Waals surface area (Å²) in [6.45, 7) is 14.0. The van der Waals surface area contributed by atoms with Gasteiger partial charge in [0.2, 0.25) is 5.91 Å². The molecule has 1 N–H and O–H groups in total. The van der Waals surface area contributed by atoms with Gasteiger partial charge in [-0.25, -0.2) is 0 Å². The van der Waals surface area contributed by atoms with E-state index in [1.54, 1.807) is 0 Å². The second-order valence-corrected chi connectivity index (χ2v) is 7.28. The first-order valence-electron chi connectivity index (χ1n) is 8.99. The molecule has 0 aromatic carbocycles. The maximum Gasteiger partial charge on any atom is 0.224 e. The first kappa shape index (κ1) is 19.2. The van der Waals surface area contributed by atoms with Gasteiger partial charge in [-0.2, -0.15) is 10.2 Å². The second-order valence-electron chi connectivity index (χ2n) is 7.28. The van der Waals surface area contributed by atoms with Crippen molar-refractivity contribution in [2.75, 3.05) is 6.54 Å². The van der Waals surface area contributed by atoms with Crippen LogP contribution in [0.15, 0.2) is 0 Å². The van der Waals surface area contributed by atoms with Gasteiger partial charge in [-0.3, -0.25) is 14.2 Å². The Hall–Kier alpha value is -2.11. The lowest BCUT2D eigenvalue weighted by molar-refractivity contribution is -0.120. The van der Waals surface area contributed by atoms with E-state index in [0.29, 0.717) is 18.9 Å². The standard InChI is InChI=1S/C19H31N5O/c1-12(2)11-24-16(6)18(14(4)22-24)10-19(25)20-9-8-17-13(3)21-23(7)15(17)5/h12H,8-11H2,1-7H3,(H,20,25). The third kappa shape index (κ3) is 4.50. The molecule has 2 heterocycles. The molecule has 6 heteroatoms. The number of rotatable bonds is 7. The molecule has 138 valence electrons. The molecule has 0 fully saturated rings. The van der Waals surface area contributed by atoms with Crippen LogP contribution in [-0.4, -0.2) is 32.0 Å². The van der Waals surface area contributed by atoms with Crippen LogP contribution in [-0.2, 0) is 31.2 Å². The smallest absolute Gasteiger partial charge is 0.224 e. The highest BCUT2D eigenvalue weighted by atomic mass is 16.1. The maximum atomic E-state index is 12.3. The summed E-state index contributed by atoms with van der Waals surface area (Å²) in [6.07, 6.45) is 1.20. The Kier molecular flexibility index (Phi) is 6.03. The van der Waals surface area contributed by atoms with Crippen molar-refractivity contribution in [2.24, 2.45) is 13.0 Å². The van der Waals surface area contributed by atoms with Crippen molar-refractivity contribution in [3.05, 3.63) is 33.9 Å². The van der Waals surface area contributed by atoms with Crippen LogP contribution < -0.4 is 5.32 Å². The fourth-order valence-electron chi connectivity index (χ4n) is 3.24. The average molecular weight is 345 g/mol. The molecule has 0 saturated heterocycles. The van der Waals surface area contributed by atoms with Crippen molar-refractivity contribution in [1.29, 1.82) is 0 Å². The fraction of sp³-hybridized carbons (Fsp3) is 0.632. The van der Waals surface area contributed by atoms with E-state index in [9.17, 15) is 4.79 Å². The predicted octanol–water partition coefficient (Wildman–Crippen LogP) is 2.41. The van der Waals surface area contributed by atoms with Crippen molar-refractivity contribution in [3.8, 4) is 0 Å².